The van der Waals surface area contributed by atoms with E-state index in [1.807, 2.05) is 55.5 Å². The van der Waals surface area contributed by atoms with Gasteiger partial charge in [0.2, 0.25) is 11.8 Å². The van der Waals surface area contributed by atoms with Crippen LogP contribution in [0.25, 0.3) is 0 Å². The third kappa shape index (κ3) is 2.15. The predicted molar refractivity (Wildman–Crippen MR) is 118 cm³/mol. The maximum Gasteiger partial charge on any atom is 0.239 e. The van der Waals surface area contributed by atoms with E-state index in [0.29, 0.717) is 18.0 Å². The lowest BCUT2D eigenvalue weighted by Crippen LogP contribution is -2.51. The normalized spacial score (nSPS) is 27.7. The first kappa shape index (κ1) is 18.4. The summed E-state index contributed by atoms with van der Waals surface area (Å²) in [5, 5.41) is 0. The Bertz CT molecular complexity index is 1200. The molecule has 1 aliphatic heterocycles. The van der Waals surface area contributed by atoms with E-state index >= 15 is 0 Å². The second-order valence-corrected chi connectivity index (χ2v) is 8.77. The first-order valence-corrected chi connectivity index (χ1v) is 10.9. The fourth-order valence-electron chi connectivity index (χ4n) is 6.31. The molecular formula is C27H23NO3. The number of benzene rings is 3. The molecule has 3 aromatic carbocycles. The summed E-state index contributed by atoms with van der Waals surface area (Å²) in [6.45, 7) is 4.51. The highest BCUT2D eigenvalue weighted by atomic mass is 16.5. The third-order valence-electron chi connectivity index (χ3n) is 7.45. The summed E-state index contributed by atoms with van der Waals surface area (Å²) in [5.41, 5.74) is 4.68. The van der Waals surface area contributed by atoms with Crippen LogP contribution in [0.5, 0.6) is 5.75 Å². The van der Waals surface area contributed by atoms with Crippen LogP contribution in [-0.4, -0.2) is 18.4 Å². The van der Waals surface area contributed by atoms with Gasteiger partial charge in [0.15, 0.2) is 0 Å². The maximum absolute atomic E-state index is 14.0. The Morgan fingerprint density at radius 3 is 2.06 bits per heavy atom. The van der Waals surface area contributed by atoms with Crippen LogP contribution in [0.4, 0.5) is 5.69 Å². The van der Waals surface area contributed by atoms with Crippen LogP contribution < -0.4 is 9.64 Å². The monoisotopic (exact) mass is 409 g/mol. The van der Waals surface area contributed by atoms with Gasteiger partial charge >= 0.3 is 0 Å². The molecule has 31 heavy (non-hydrogen) atoms. The molecule has 3 aliphatic carbocycles. The number of carbonyl (C=O) groups excluding carboxylic acids is 2. The molecule has 4 heteroatoms. The minimum Gasteiger partial charge on any atom is -0.492 e. The lowest BCUT2D eigenvalue weighted by molar-refractivity contribution is -0.123. The summed E-state index contributed by atoms with van der Waals surface area (Å²) < 4.78 is 5.77. The van der Waals surface area contributed by atoms with Crippen LogP contribution in [0.3, 0.4) is 0 Å². The average molecular weight is 409 g/mol. The number of hydrogen-bond acceptors (Lipinski definition) is 3. The molecule has 0 saturated carbocycles. The molecule has 0 aromatic heterocycles. The summed E-state index contributed by atoms with van der Waals surface area (Å²) in [5.74, 6) is -0.625. The van der Waals surface area contributed by atoms with E-state index in [4.69, 9.17) is 4.74 Å². The smallest absolute Gasteiger partial charge is 0.239 e. The number of anilines is 1. The average Bonchev–Trinajstić information content (AvgIpc) is 3.06. The highest BCUT2D eigenvalue weighted by Crippen LogP contribution is 2.64. The number of ether oxygens (including phenoxy) is 1. The van der Waals surface area contributed by atoms with Gasteiger partial charge in [-0.05, 0) is 41.3 Å². The van der Waals surface area contributed by atoms with Gasteiger partial charge < -0.3 is 4.74 Å². The Balaban J connectivity index is 1.59. The lowest BCUT2D eigenvalue weighted by Gasteiger charge is -2.52. The van der Waals surface area contributed by atoms with E-state index in [1.165, 1.54) is 27.2 Å². The highest BCUT2D eigenvalue weighted by molar-refractivity contribution is 6.24. The largest absolute Gasteiger partial charge is 0.492 e. The quantitative estimate of drug-likeness (QED) is 0.592. The summed E-state index contributed by atoms with van der Waals surface area (Å²) >= 11 is 0. The van der Waals surface area contributed by atoms with Crippen molar-refractivity contribution < 1.29 is 14.3 Å². The molecule has 2 atom stereocenters. The minimum absolute atomic E-state index is 0.111. The summed E-state index contributed by atoms with van der Waals surface area (Å²) in [4.78, 5) is 29.3. The van der Waals surface area contributed by atoms with Crippen molar-refractivity contribution in [2.45, 2.75) is 25.2 Å². The van der Waals surface area contributed by atoms with Crippen LogP contribution in [0.1, 0.15) is 42.0 Å². The molecule has 1 heterocycles. The van der Waals surface area contributed by atoms with Crippen LogP contribution in [0.15, 0.2) is 72.8 Å². The standard InChI is InChI=1S/C27H23NO3/c1-3-31-21-15-9-8-14-20(21)28-25(29)23-22-16-10-4-6-12-18(16)27(2,24(23)26(28)30)19-13-7-5-11-17(19)22/h4-15,22-24H,3H2,1-2H3/t22?,23-,24?,27?/m1/s1. The first-order valence-electron chi connectivity index (χ1n) is 10.9. The molecule has 0 N–H and O–H groups in total. The number of rotatable bonds is 3. The number of para-hydroxylation sites is 2. The highest BCUT2D eigenvalue weighted by Gasteiger charge is 2.66. The second-order valence-electron chi connectivity index (χ2n) is 8.77. The number of imide groups is 1. The third-order valence-corrected chi connectivity index (χ3v) is 7.45. The van der Waals surface area contributed by atoms with Crippen LogP contribution in [0.2, 0.25) is 0 Å². The minimum atomic E-state index is -0.547. The molecule has 2 amide bonds. The molecule has 1 unspecified atom stereocenters. The Labute approximate surface area is 181 Å². The summed E-state index contributed by atoms with van der Waals surface area (Å²) in [6.07, 6.45) is 0. The van der Waals surface area contributed by atoms with E-state index in [9.17, 15) is 9.59 Å². The van der Waals surface area contributed by atoms with Gasteiger partial charge in [-0.15, -0.1) is 0 Å². The van der Waals surface area contributed by atoms with E-state index in [1.54, 1.807) is 0 Å². The van der Waals surface area contributed by atoms with Gasteiger partial charge in [-0.3, -0.25) is 9.59 Å². The zero-order valence-electron chi connectivity index (χ0n) is 17.5. The predicted octanol–water partition coefficient (Wildman–Crippen LogP) is 4.66. The Morgan fingerprint density at radius 2 is 1.42 bits per heavy atom. The van der Waals surface area contributed by atoms with E-state index in [2.05, 4.69) is 31.2 Å². The van der Waals surface area contributed by atoms with Crippen molar-refractivity contribution in [3.63, 3.8) is 0 Å². The van der Waals surface area contributed by atoms with Gasteiger partial charge in [0.05, 0.1) is 24.1 Å². The molecule has 0 radical (unpaired) electrons. The Morgan fingerprint density at radius 1 is 0.839 bits per heavy atom. The topological polar surface area (TPSA) is 46.6 Å². The lowest BCUT2D eigenvalue weighted by atomic mass is 9.48. The van der Waals surface area contributed by atoms with E-state index in [0.717, 1.165) is 0 Å². The first-order chi connectivity index (χ1) is 15.1. The van der Waals surface area contributed by atoms with Gasteiger partial charge in [-0.25, -0.2) is 4.90 Å². The van der Waals surface area contributed by atoms with Gasteiger partial charge in [-0.1, -0.05) is 67.6 Å². The molecular weight excluding hydrogens is 386 g/mol. The molecule has 2 bridgehead atoms. The molecule has 3 aromatic rings. The Hall–Kier alpha value is -3.40. The van der Waals surface area contributed by atoms with Gasteiger partial charge in [0.25, 0.3) is 0 Å². The van der Waals surface area contributed by atoms with Crippen molar-refractivity contribution in [2.75, 3.05) is 11.5 Å². The van der Waals surface area contributed by atoms with Crippen LogP contribution in [0, 0.1) is 11.8 Å². The molecule has 4 nitrogen and oxygen atoms in total. The van der Waals surface area contributed by atoms with E-state index < -0.39 is 17.3 Å². The SMILES string of the molecule is CCOc1ccccc1N1C(=O)C2[C@H](C1=O)C1c3ccccc3C2(C)c2ccccc21. The number of hydrogen-bond donors (Lipinski definition) is 0. The number of nitrogens with zero attached hydrogens (tertiary/aromatic N) is 1. The van der Waals surface area contributed by atoms with Crippen molar-refractivity contribution in [1.82, 2.24) is 0 Å². The van der Waals surface area contributed by atoms with Gasteiger partial charge in [0, 0.05) is 11.3 Å². The molecule has 4 aliphatic rings. The zero-order chi connectivity index (χ0) is 21.3. The van der Waals surface area contributed by atoms with Crippen LogP contribution >= 0.6 is 0 Å². The molecule has 154 valence electrons. The van der Waals surface area contributed by atoms with Crippen molar-refractivity contribution in [2.24, 2.45) is 11.8 Å². The number of carbonyl (C=O) groups is 2. The van der Waals surface area contributed by atoms with Crippen molar-refractivity contribution in [3.8, 4) is 5.75 Å². The molecule has 1 fully saturated rings. The summed E-state index contributed by atoms with van der Waals surface area (Å²) in [7, 11) is 0. The molecule has 7 rings (SSSR count). The molecule has 1 saturated heterocycles. The maximum atomic E-state index is 14.0. The summed E-state index contributed by atoms with van der Waals surface area (Å²) in [6, 6.07) is 24.0. The second kappa shape index (κ2) is 6.30. The fraction of sp³-hybridized carbons (Fsp3) is 0.259. The van der Waals surface area contributed by atoms with Crippen molar-refractivity contribution in [1.29, 1.82) is 0 Å². The van der Waals surface area contributed by atoms with Gasteiger partial charge in [0.1, 0.15) is 5.75 Å². The Kier molecular flexibility index (Phi) is 3.73. The molecule has 0 spiro atoms. The zero-order valence-corrected chi connectivity index (χ0v) is 17.5. The van der Waals surface area contributed by atoms with Crippen LogP contribution in [-0.2, 0) is 15.0 Å². The number of amides is 2. The van der Waals surface area contributed by atoms with Crippen molar-refractivity contribution >= 4 is 17.5 Å². The fourth-order valence-corrected chi connectivity index (χ4v) is 6.31. The van der Waals surface area contributed by atoms with E-state index in [-0.39, 0.29) is 17.7 Å². The van der Waals surface area contributed by atoms with Crippen molar-refractivity contribution in [3.05, 3.63) is 95.1 Å². The van der Waals surface area contributed by atoms with Gasteiger partial charge in [-0.2, -0.15) is 0 Å².